The van der Waals surface area contributed by atoms with Crippen molar-refractivity contribution >= 4 is 60.9 Å². The van der Waals surface area contributed by atoms with Gasteiger partial charge < -0.3 is 13.7 Å². The van der Waals surface area contributed by atoms with Crippen LogP contribution in [-0.4, -0.2) is 0 Å². The third-order valence-corrected chi connectivity index (χ3v) is 13.3. The van der Waals surface area contributed by atoms with Gasteiger partial charge in [0.1, 0.15) is 22.3 Å². The maximum Gasteiger partial charge on any atom is 0.135 e. The van der Waals surface area contributed by atoms with Crippen LogP contribution >= 0.6 is 0 Å². The van der Waals surface area contributed by atoms with E-state index < -0.39 is 5.41 Å². The molecule has 13 rings (SSSR count). The van der Waals surface area contributed by atoms with Crippen LogP contribution in [0.25, 0.3) is 77.3 Å². The van der Waals surface area contributed by atoms with Crippen LogP contribution in [0.3, 0.4) is 0 Å². The number of nitrogens with zero attached hydrogens (tertiary/aromatic N) is 1. The predicted molar refractivity (Wildman–Crippen MR) is 264 cm³/mol. The molecule has 64 heavy (non-hydrogen) atoms. The summed E-state index contributed by atoms with van der Waals surface area (Å²) < 4.78 is 12.5. The van der Waals surface area contributed by atoms with Crippen molar-refractivity contribution in [3.8, 4) is 33.4 Å². The van der Waals surface area contributed by atoms with Gasteiger partial charge in [0.25, 0.3) is 0 Å². The highest BCUT2D eigenvalue weighted by Crippen LogP contribution is 2.59. The molecule has 0 amide bonds. The first kappa shape index (κ1) is 36.3. The lowest BCUT2D eigenvalue weighted by molar-refractivity contribution is 0.668. The molecule has 3 nitrogen and oxygen atoms in total. The molecule has 12 aromatic rings. The highest BCUT2D eigenvalue weighted by molar-refractivity contribution is 6.08. The van der Waals surface area contributed by atoms with Gasteiger partial charge in [0.05, 0.1) is 11.1 Å². The standard InChI is InChI=1S/C61H39NO2/c1-3-18-44(19-4-1)61(45-20-5-2-6-21-45)53-27-10-7-26-50(53)60-54(61)28-15-29-55(60)62(46-22-13-16-40(36-46)42-32-34-58-51(38-42)48-24-8-11-30-56(48)63-58)47-23-14-17-41(37-47)43-33-35-59-52(39-43)49-25-9-12-31-57(49)64-59/h1-39H. The maximum atomic E-state index is 6.25. The Labute approximate surface area is 370 Å². The molecule has 0 saturated carbocycles. The van der Waals surface area contributed by atoms with Crippen molar-refractivity contribution < 1.29 is 8.83 Å². The molecule has 0 spiro atoms. The first-order valence-corrected chi connectivity index (χ1v) is 21.9. The van der Waals surface area contributed by atoms with E-state index in [1.54, 1.807) is 0 Å². The Kier molecular flexibility index (Phi) is 8.13. The molecule has 10 aromatic carbocycles. The van der Waals surface area contributed by atoms with Gasteiger partial charge in [-0.2, -0.15) is 0 Å². The van der Waals surface area contributed by atoms with Crippen LogP contribution in [-0.2, 0) is 5.41 Å². The minimum atomic E-state index is -0.536. The maximum absolute atomic E-state index is 6.25. The van der Waals surface area contributed by atoms with Crippen molar-refractivity contribution in [2.45, 2.75) is 5.41 Å². The van der Waals surface area contributed by atoms with Crippen LogP contribution in [0, 0.1) is 0 Å². The summed E-state index contributed by atoms with van der Waals surface area (Å²) in [5.41, 5.74) is 18.2. The average Bonchev–Trinajstić information content (AvgIpc) is 4.03. The Balaban J connectivity index is 1.05. The number of hydrogen-bond donors (Lipinski definition) is 0. The molecule has 0 fully saturated rings. The highest BCUT2D eigenvalue weighted by Gasteiger charge is 2.47. The molecule has 300 valence electrons. The zero-order valence-electron chi connectivity index (χ0n) is 34.8. The molecule has 0 radical (unpaired) electrons. The van der Waals surface area contributed by atoms with Crippen molar-refractivity contribution in [2.24, 2.45) is 0 Å². The normalized spacial score (nSPS) is 12.8. The Morgan fingerprint density at radius 2 is 0.766 bits per heavy atom. The SMILES string of the molecule is c1ccc(C2(c3ccccc3)c3ccccc3-c3c(N(c4cccc(-c5ccc6oc7ccccc7c6c5)c4)c4cccc(-c5ccc6oc7ccccc7c6c5)c4)cccc32)cc1. The molecular weight excluding hydrogens is 779 g/mol. The van der Waals surface area contributed by atoms with Gasteiger partial charge in [-0.25, -0.2) is 0 Å². The quantitative estimate of drug-likeness (QED) is 0.160. The van der Waals surface area contributed by atoms with Crippen molar-refractivity contribution in [3.63, 3.8) is 0 Å². The van der Waals surface area contributed by atoms with Gasteiger partial charge in [0.2, 0.25) is 0 Å². The van der Waals surface area contributed by atoms with E-state index >= 15 is 0 Å². The van der Waals surface area contributed by atoms with Gasteiger partial charge in [-0.1, -0.05) is 170 Å². The fourth-order valence-corrected chi connectivity index (χ4v) is 10.5. The third-order valence-electron chi connectivity index (χ3n) is 13.3. The van der Waals surface area contributed by atoms with Crippen molar-refractivity contribution in [3.05, 3.63) is 259 Å². The molecule has 3 heteroatoms. The lowest BCUT2D eigenvalue weighted by atomic mass is 9.68. The molecule has 0 saturated heterocycles. The minimum Gasteiger partial charge on any atom is -0.456 e. The van der Waals surface area contributed by atoms with Crippen LogP contribution in [0.5, 0.6) is 0 Å². The zero-order chi connectivity index (χ0) is 42.2. The van der Waals surface area contributed by atoms with Crippen molar-refractivity contribution in [1.82, 2.24) is 0 Å². The number of rotatable bonds is 7. The second kappa shape index (κ2) is 14.3. The monoisotopic (exact) mass is 817 g/mol. The van der Waals surface area contributed by atoms with E-state index in [0.717, 1.165) is 83.2 Å². The molecule has 0 atom stereocenters. The van der Waals surface area contributed by atoms with E-state index in [1.807, 2.05) is 24.3 Å². The van der Waals surface area contributed by atoms with Gasteiger partial charge in [-0.05, 0) is 117 Å². The second-order valence-corrected chi connectivity index (χ2v) is 16.8. The number of hydrogen-bond acceptors (Lipinski definition) is 3. The number of anilines is 3. The summed E-state index contributed by atoms with van der Waals surface area (Å²) in [5, 5.41) is 4.46. The van der Waals surface area contributed by atoms with Gasteiger partial charge >= 0.3 is 0 Å². The van der Waals surface area contributed by atoms with Gasteiger partial charge in [0.15, 0.2) is 0 Å². The Hall–Kier alpha value is -8.40. The topological polar surface area (TPSA) is 29.5 Å². The van der Waals surface area contributed by atoms with E-state index in [0.29, 0.717) is 0 Å². The van der Waals surface area contributed by atoms with Gasteiger partial charge in [0, 0.05) is 38.5 Å². The number of para-hydroxylation sites is 2. The van der Waals surface area contributed by atoms with E-state index in [4.69, 9.17) is 8.83 Å². The number of fused-ring (bicyclic) bond motifs is 9. The summed E-state index contributed by atoms with van der Waals surface area (Å²) in [4.78, 5) is 2.46. The third kappa shape index (κ3) is 5.47. The first-order valence-electron chi connectivity index (χ1n) is 21.9. The zero-order valence-corrected chi connectivity index (χ0v) is 34.8. The summed E-state index contributed by atoms with van der Waals surface area (Å²) in [7, 11) is 0. The van der Waals surface area contributed by atoms with E-state index in [1.165, 1.54) is 33.4 Å². The van der Waals surface area contributed by atoms with Crippen LogP contribution in [0.2, 0.25) is 0 Å². The second-order valence-electron chi connectivity index (χ2n) is 16.8. The number of furan rings is 2. The van der Waals surface area contributed by atoms with E-state index in [9.17, 15) is 0 Å². The lowest BCUT2D eigenvalue weighted by Gasteiger charge is -2.34. The molecule has 0 aliphatic heterocycles. The average molecular weight is 818 g/mol. The Morgan fingerprint density at radius 3 is 1.34 bits per heavy atom. The van der Waals surface area contributed by atoms with Crippen LogP contribution < -0.4 is 4.90 Å². The summed E-state index contributed by atoms with van der Waals surface area (Å²) in [6.45, 7) is 0. The van der Waals surface area contributed by atoms with Crippen LogP contribution in [0.15, 0.2) is 245 Å². The molecule has 1 aliphatic rings. The van der Waals surface area contributed by atoms with Gasteiger partial charge in [-0.3, -0.25) is 0 Å². The molecule has 0 unspecified atom stereocenters. The van der Waals surface area contributed by atoms with Crippen molar-refractivity contribution in [2.75, 3.05) is 4.90 Å². The molecule has 2 heterocycles. The molecule has 1 aliphatic carbocycles. The molecule has 0 bridgehead atoms. The number of benzene rings is 10. The summed E-state index contributed by atoms with van der Waals surface area (Å²) >= 11 is 0. The van der Waals surface area contributed by atoms with Gasteiger partial charge in [-0.15, -0.1) is 0 Å². The Morgan fingerprint density at radius 1 is 0.312 bits per heavy atom. The lowest BCUT2D eigenvalue weighted by Crippen LogP contribution is -2.28. The van der Waals surface area contributed by atoms with Crippen LogP contribution in [0.4, 0.5) is 17.1 Å². The molecule has 0 N–H and O–H groups in total. The van der Waals surface area contributed by atoms with E-state index in [2.05, 4.69) is 217 Å². The van der Waals surface area contributed by atoms with Crippen LogP contribution in [0.1, 0.15) is 22.3 Å². The predicted octanol–water partition coefficient (Wildman–Crippen LogP) is 16.7. The van der Waals surface area contributed by atoms with E-state index in [-0.39, 0.29) is 0 Å². The summed E-state index contributed by atoms with van der Waals surface area (Å²) in [5.74, 6) is 0. The largest absolute Gasteiger partial charge is 0.456 e. The fraction of sp³-hybridized carbons (Fsp3) is 0.0164. The minimum absolute atomic E-state index is 0.536. The Bertz CT molecular complexity index is 3550. The fourth-order valence-electron chi connectivity index (χ4n) is 10.5. The molecule has 2 aromatic heterocycles. The molecular formula is C61H39NO2. The summed E-state index contributed by atoms with van der Waals surface area (Å²) in [6.07, 6.45) is 0. The first-order chi connectivity index (χ1) is 31.7. The smallest absolute Gasteiger partial charge is 0.135 e. The van der Waals surface area contributed by atoms with Crippen molar-refractivity contribution in [1.29, 1.82) is 0 Å². The highest BCUT2D eigenvalue weighted by atomic mass is 16.3. The summed E-state index contributed by atoms with van der Waals surface area (Å²) in [6, 6.07) is 85.6.